The van der Waals surface area contributed by atoms with E-state index in [9.17, 15) is 4.79 Å². The molecule has 5 heteroatoms. The Kier molecular flexibility index (Phi) is 4.44. The van der Waals surface area contributed by atoms with E-state index in [-0.39, 0.29) is 5.91 Å². The second kappa shape index (κ2) is 7.04. The number of carbonyl (C=O) groups is 1. The average Bonchev–Trinajstić information content (AvgIpc) is 3.04. The molecule has 0 aliphatic carbocycles. The van der Waals surface area contributed by atoms with Crippen molar-refractivity contribution in [2.24, 2.45) is 7.05 Å². The third-order valence-corrected chi connectivity index (χ3v) is 4.86. The maximum atomic E-state index is 12.4. The lowest BCUT2D eigenvalue weighted by Crippen LogP contribution is -2.49. The number of amides is 1. The summed E-state index contributed by atoms with van der Waals surface area (Å²) < 4.78 is 2.13. The number of benzene rings is 2. The van der Waals surface area contributed by atoms with Crippen molar-refractivity contribution in [3.8, 4) is 0 Å². The molecule has 0 bridgehead atoms. The van der Waals surface area contributed by atoms with Crippen LogP contribution < -0.4 is 4.90 Å². The molecule has 3 aromatic rings. The molecule has 2 aromatic carbocycles. The molecule has 0 spiro atoms. The highest BCUT2D eigenvalue weighted by molar-refractivity contribution is 5.92. The van der Waals surface area contributed by atoms with E-state index in [1.54, 1.807) is 6.08 Å². The Hall–Kier alpha value is -3.08. The first kappa shape index (κ1) is 16.4. The van der Waals surface area contributed by atoms with E-state index in [1.807, 2.05) is 66.6 Å². The van der Waals surface area contributed by atoms with Crippen molar-refractivity contribution < 1.29 is 4.79 Å². The van der Waals surface area contributed by atoms with Crippen LogP contribution in [-0.2, 0) is 11.8 Å². The maximum Gasteiger partial charge on any atom is 0.246 e. The van der Waals surface area contributed by atoms with E-state index in [2.05, 4.69) is 15.5 Å². The van der Waals surface area contributed by atoms with E-state index >= 15 is 0 Å². The number of aromatic nitrogens is 2. The molecule has 0 saturated carbocycles. The Balaban J connectivity index is 1.41. The van der Waals surface area contributed by atoms with Crippen molar-refractivity contribution in [3.05, 3.63) is 66.2 Å². The van der Waals surface area contributed by atoms with Gasteiger partial charge in [0.15, 0.2) is 0 Å². The number of imidazole rings is 1. The minimum atomic E-state index is 0.0681. The minimum Gasteiger partial charge on any atom is -0.339 e. The predicted octanol–water partition coefficient (Wildman–Crippen LogP) is 2.94. The Bertz CT molecular complexity index is 937. The molecular weight excluding hydrogens is 324 g/mol. The van der Waals surface area contributed by atoms with Crippen LogP contribution in [-0.4, -0.2) is 46.5 Å². The number of rotatable bonds is 3. The molecule has 0 unspecified atom stereocenters. The fourth-order valence-corrected chi connectivity index (χ4v) is 3.38. The van der Waals surface area contributed by atoms with Gasteiger partial charge in [0, 0.05) is 39.3 Å². The van der Waals surface area contributed by atoms with Gasteiger partial charge >= 0.3 is 0 Å². The summed E-state index contributed by atoms with van der Waals surface area (Å²) in [5.74, 6) is 1.04. The van der Waals surface area contributed by atoms with Gasteiger partial charge in [0.25, 0.3) is 0 Å². The lowest BCUT2D eigenvalue weighted by molar-refractivity contribution is -0.126. The van der Waals surface area contributed by atoms with E-state index in [0.717, 1.165) is 35.6 Å². The van der Waals surface area contributed by atoms with Gasteiger partial charge in [0.1, 0.15) is 0 Å². The number of hydrogen-bond donors (Lipinski definition) is 0. The number of aryl methyl sites for hydroxylation is 1. The predicted molar refractivity (Wildman–Crippen MR) is 105 cm³/mol. The fourth-order valence-electron chi connectivity index (χ4n) is 3.38. The van der Waals surface area contributed by atoms with Crippen LogP contribution in [0.4, 0.5) is 5.95 Å². The lowest BCUT2D eigenvalue weighted by Gasteiger charge is -2.34. The molecule has 1 saturated heterocycles. The summed E-state index contributed by atoms with van der Waals surface area (Å²) in [6.45, 7) is 3.01. The number of para-hydroxylation sites is 2. The summed E-state index contributed by atoms with van der Waals surface area (Å²) in [5, 5.41) is 0. The first-order valence-electron chi connectivity index (χ1n) is 8.91. The molecule has 1 aliphatic heterocycles. The zero-order chi connectivity index (χ0) is 17.9. The molecular formula is C21H22N4O. The molecule has 26 heavy (non-hydrogen) atoms. The number of piperazine rings is 1. The van der Waals surface area contributed by atoms with Crippen LogP contribution in [0, 0.1) is 0 Å². The molecule has 1 aromatic heterocycles. The summed E-state index contributed by atoms with van der Waals surface area (Å²) in [5.41, 5.74) is 3.18. The highest BCUT2D eigenvalue weighted by atomic mass is 16.2. The van der Waals surface area contributed by atoms with Gasteiger partial charge in [-0.2, -0.15) is 0 Å². The average molecular weight is 346 g/mol. The zero-order valence-electron chi connectivity index (χ0n) is 14.9. The van der Waals surface area contributed by atoms with Gasteiger partial charge in [-0.1, -0.05) is 42.5 Å². The fraction of sp³-hybridized carbons (Fsp3) is 0.238. The number of nitrogens with zero attached hydrogens (tertiary/aromatic N) is 4. The van der Waals surface area contributed by atoms with Crippen LogP contribution in [0.2, 0.25) is 0 Å². The van der Waals surface area contributed by atoms with Crippen molar-refractivity contribution in [3.63, 3.8) is 0 Å². The van der Waals surface area contributed by atoms with Crippen molar-refractivity contribution in [2.75, 3.05) is 31.1 Å². The largest absolute Gasteiger partial charge is 0.339 e. The second-order valence-corrected chi connectivity index (χ2v) is 6.52. The smallest absolute Gasteiger partial charge is 0.246 e. The Labute approximate surface area is 153 Å². The monoisotopic (exact) mass is 346 g/mol. The van der Waals surface area contributed by atoms with Crippen LogP contribution in [0.15, 0.2) is 60.7 Å². The molecule has 2 heterocycles. The first-order valence-corrected chi connectivity index (χ1v) is 8.91. The van der Waals surface area contributed by atoms with Crippen LogP contribution >= 0.6 is 0 Å². The molecule has 0 N–H and O–H groups in total. The van der Waals surface area contributed by atoms with Crippen molar-refractivity contribution in [1.29, 1.82) is 0 Å². The summed E-state index contributed by atoms with van der Waals surface area (Å²) in [6, 6.07) is 18.1. The van der Waals surface area contributed by atoms with Gasteiger partial charge in [-0.05, 0) is 23.8 Å². The molecule has 132 valence electrons. The normalized spacial score (nSPS) is 15.1. The SMILES string of the molecule is Cn1c(N2CCN(C(=O)/C=C/c3ccccc3)CC2)nc2ccccc21. The number of fused-ring (bicyclic) bond motifs is 1. The van der Waals surface area contributed by atoms with E-state index < -0.39 is 0 Å². The maximum absolute atomic E-state index is 12.4. The van der Waals surface area contributed by atoms with Crippen molar-refractivity contribution in [2.45, 2.75) is 0 Å². The van der Waals surface area contributed by atoms with Crippen LogP contribution in [0.25, 0.3) is 17.1 Å². The van der Waals surface area contributed by atoms with Gasteiger partial charge in [-0.3, -0.25) is 4.79 Å². The van der Waals surface area contributed by atoms with Gasteiger partial charge in [0.05, 0.1) is 11.0 Å². The molecule has 5 nitrogen and oxygen atoms in total. The molecule has 0 radical (unpaired) electrons. The minimum absolute atomic E-state index is 0.0681. The van der Waals surface area contributed by atoms with Gasteiger partial charge < -0.3 is 14.4 Å². The third-order valence-electron chi connectivity index (χ3n) is 4.86. The number of carbonyl (C=O) groups excluding carboxylic acids is 1. The van der Waals surface area contributed by atoms with E-state index in [4.69, 9.17) is 4.98 Å². The first-order chi connectivity index (χ1) is 12.7. The standard InChI is InChI=1S/C21H22N4O/c1-23-19-10-6-5-9-18(19)22-21(23)25-15-13-24(14-16-25)20(26)12-11-17-7-3-2-4-8-17/h2-12H,13-16H2,1H3/b12-11+. The molecule has 1 fully saturated rings. The molecule has 1 aliphatic rings. The third kappa shape index (κ3) is 3.20. The lowest BCUT2D eigenvalue weighted by atomic mass is 10.2. The van der Waals surface area contributed by atoms with E-state index in [1.165, 1.54) is 0 Å². The Morgan fingerprint density at radius 3 is 2.38 bits per heavy atom. The molecule has 4 rings (SSSR count). The highest BCUT2D eigenvalue weighted by Gasteiger charge is 2.23. The number of anilines is 1. The Morgan fingerprint density at radius 2 is 1.65 bits per heavy atom. The zero-order valence-corrected chi connectivity index (χ0v) is 14.9. The van der Waals surface area contributed by atoms with E-state index in [0.29, 0.717) is 13.1 Å². The second-order valence-electron chi connectivity index (χ2n) is 6.52. The van der Waals surface area contributed by atoms with Crippen LogP contribution in [0.3, 0.4) is 0 Å². The van der Waals surface area contributed by atoms with Crippen LogP contribution in [0.1, 0.15) is 5.56 Å². The summed E-state index contributed by atoms with van der Waals surface area (Å²) in [6.07, 6.45) is 3.54. The Morgan fingerprint density at radius 1 is 0.962 bits per heavy atom. The topological polar surface area (TPSA) is 41.4 Å². The molecule has 1 amide bonds. The van der Waals surface area contributed by atoms with Crippen LogP contribution in [0.5, 0.6) is 0 Å². The quantitative estimate of drug-likeness (QED) is 0.685. The van der Waals surface area contributed by atoms with Crippen molar-refractivity contribution in [1.82, 2.24) is 14.5 Å². The molecule has 0 atom stereocenters. The van der Waals surface area contributed by atoms with Gasteiger partial charge in [-0.25, -0.2) is 4.98 Å². The summed E-state index contributed by atoms with van der Waals surface area (Å²) >= 11 is 0. The van der Waals surface area contributed by atoms with Gasteiger partial charge in [0.2, 0.25) is 11.9 Å². The summed E-state index contributed by atoms with van der Waals surface area (Å²) in [7, 11) is 2.05. The summed E-state index contributed by atoms with van der Waals surface area (Å²) in [4.78, 5) is 21.3. The van der Waals surface area contributed by atoms with Gasteiger partial charge in [-0.15, -0.1) is 0 Å². The number of hydrogen-bond acceptors (Lipinski definition) is 3. The van der Waals surface area contributed by atoms with Crippen molar-refractivity contribution >= 4 is 29.0 Å². The highest BCUT2D eigenvalue weighted by Crippen LogP contribution is 2.22.